The number of hydrogen-bond acceptors (Lipinski definition) is 0. The summed E-state index contributed by atoms with van der Waals surface area (Å²) in [6, 6.07) is 0. The third kappa shape index (κ3) is 6.21. The molecule has 0 bridgehead atoms. The van der Waals surface area contributed by atoms with Gasteiger partial charge in [-0.3, -0.25) is 0 Å². The van der Waals surface area contributed by atoms with Crippen LogP contribution in [0.2, 0.25) is 0 Å². The number of unbranched alkanes of at least 4 members (excludes halogenated alkanes) is 2. The van der Waals surface area contributed by atoms with E-state index in [4.69, 9.17) is 0 Å². The van der Waals surface area contributed by atoms with E-state index in [1.54, 1.807) is 0 Å². The molecular weight excluding hydrogens is 144 g/mol. The molecule has 0 aromatic rings. The summed E-state index contributed by atoms with van der Waals surface area (Å²) in [6.45, 7) is 10.5. The average molecular weight is 166 g/mol. The summed E-state index contributed by atoms with van der Waals surface area (Å²) in [7, 11) is 0. The van der Waals surface area contributed by atoms with Crippen molar-refractivity contribution >= 4 is 0 Å². The van der Waals surface area contributed by atoms with E-state index in [0.29, 0.717) is 5.92 Å². The molecule has 0 aromatic carbocycles. The van der Waals surface area contributed by atoms with Gasteiger partial charge in [0.25, 0.3) is 0 Å². The van der Waals surface area contributed by atoms with Crippen molar-refractivity contribution in [2.24, 2.45) is 5.92 Å². The van der Waals surface area contributed by atoms with Crippen LogP contribution in [0.15, 0.2) is 24.3 Å². The number of rotatable bonds is 6. The zero-order valence-corrected chi connectivity index (χ0v) is 8.77. The van der Waals surface area contributed by atoms with E-state index in [2.05, 4.69) is 39.5 Å². The Labute approximate surface area is 77.4 Å². The molecule has 0 aliphatic carbocycles. The van der Waals surface area contributed by atoms with Gasteiger partial charge in [0.05, 0.1) is 0 Å². The van der Waals surface area contributed by atoms with Crippen molar-refractivity contribution in [3.8, 4) is 0 Å². The summed E-state index contributed by atoms with van der Waals surface area (Å²) in [6.07, 6.45) is 9.58. The van der Waals surface area contributed by atoms with Crippen LogP contribution in [0.4, 0.5) is 0 Å². The molecule has 0 radical (unpaired) electrons. The summed E-state index contributed by atoms with van der Waals surface area (Å²) in [4.78, 5) is 0. The minimum Gasteiger partial charge on any atom is -0.0999 e. The first kappa shape index (κ1) is 11.5. The van der Waals surface area contributed by atoms with Gasteiger partial charge in [0, 0.05) is 0 Å². The fourth-order valence-electron chi connectivity index (χ4n) is 0.941. The second-order valence-electron chi connectivity index (χ2n) is 3.60. The van der Waals surface area contributed by atoms with E-state index in [1.165, 1.54) is 24.8 Å². The maximum atomic E-state index is 3.94. The van der Waals surface area contributed by atoms with Crippen LogP contribution >= 0.6 is 0 Å². The lowest BCUT2D eigenvalue weighted by Gasteiger charge is -2.06. The van der Waals surface area contributed by atoms with Gasteiger partial charge in [0.2, 0.25) is 0 Å². The zero-order valence-electron chi connectivity index (χ0n) is 8.77. The molecule has 0 heteroatoms. The van der Waals surface area contributed by atoms with Gasteiger partial charge in [-0.1, -0.05) is 51.0 Å². The van der Waals surface area contributed by atoms with Crippen molar-refractivity contribution in [3.05, 3.63) is 24.3 Å². The molecule has 0 spiro atoms. The third-order valence-electron chi connectivity index (χ3n) is 2.22. The molecule has 70 valence electrons. The lowest BCUT2D eigenvalue weighted by Crippen LogP contribution is -1.91. The Morgan fingerprint density at radius 2 is 2.08 bits per heavy atom. The minimum absolute atomic E-state index is 0.642. The summed E-state index contributed by atoms with van der Waals surface area (Å²) < 4.78 is 0. The Hall–Kier alpha value is -0.520. The van der Waals surface area contributed by atoms with Gasteiger partial charge in [-0.2, -0.15) is 0 Å². The highest BCUT2D eigenvalue weighted by Gasteiger charge is 1.97. The largest absolute Gasteiger partial charge is 0.0999 e. The first-order valence-corrected chi connectivity index (χ1v) is 4.98. The second-order valence-corrected chi connectivity index (χ2v) is 3.60. The van der Waals surface area contributed by atoms with Gasteiger partial charge in [0.15, 0.2) is 0 Å². The molecule has 0 rings (SSSR count). The number of allylic oxidation sites excluding steroid dienone is 3. The van der Waals surface area contributed by atoms with Crippen LogP contribution in [0.3, 0.4) is 0 Å². The first-order valence-electron chi connectivity index (χ1n) is 4.98. The third-order valence-corrected chi connectivity index (χ3v) is 2.22. The Morgan fingerprint density at radius 1 is 1.42 bits per heavy atom. The fraction of sp³-hybridized carbons (Fsp3) is 0.667. The van der Waals surface area contributed by atoms with Gasteiger partial charge in [-0.05, 0) is 25.7 Å². The van der Waals surface area contributed by atoms with Crippen molar-refractivity contribution in [3.63, 3.8) is 0 Å². The lowest BCUT2D eigenvalue weighted by atomic mass is 10.0. The van der Waals surface area contributed by atoms with Crippen molar-refractivity contribution in [2.45, 2.75) is 46.5 Å². The summed E-state index contributed by atoms with van der Waals surface area (Å²) in [5.74, 6) is 0.642. The summed E-state index contributed by atoms with van der Waals surface area (Å²) in [5, 5.41) is 0. The van der Waals surface area contributed by atoms with Crippen molar-refractivity contribution in [1.29, 1.82) is 0 Å². The molecule has 0 aromatic heterocycles. The van der Waals surface area contributed by atoms with E-state index in [9.17, 15) is 0 Å². The van der Waals surface area contributed by atoms with E-state index in [-0.39, 0.29) is 0 Å². The van der Waals surface area contributed by atoms with Crippen molar-refractivity contribution in [1.82, 2.24) is 0 Å². The van der Waals surface area contributed by atoms with Crippen LogP contribution < -0.4 is 0 Å². The maximum absolute atomic E-state index is 3.94. The SMILES string of the molecule is C=C(C)C(C)CC=CCCCC. The van der Waals surface area contributed by atoms with Crippen molar-refractivity contribution < 1.29 is 0 Å². The second kappa shape index (κ2) is 7.15. The fourth-order valence-corrected chi connectivity index (χ4v) is 0.941. The molecule has 0 heterocycles. The Morgan fingerprint density at radius 3 is 2.58 bits per heavy atom. The first-order chi connectivity index (χ1) is 5.68. The maximum Gasteiger partial charge on any atom is -0.0203 e. The Kier molecular flexibility index (Phi) is 6.84. The predicted octanol–water partition coefficient (Wildman–Crippen LogP) is 4.34. The number of hydrogen-bond donors (Lipinski definition) is 0. The molecule has 0 saturated heterocycles. The van der Waals surface area contributed by atoms with E-state index in [1.807, 2.05) is 0 Å². The molecule has 0 aliphatic rings. The zero-order chi connectivity index (χ0) is 9.40. The quantitative estimate of drug-likeness (QED) is 0.407. The lowest BCUT2D eigenvalue weighted by molar-refractivity contribution is 0.694. The molecule has 0 fully saturated rings. The smallest absolute Gasteiger partial charge is 0.0203 e. The Balaban J connectivity index is 3.40. The van der Waals surface area contributed by atoms with Crippen molar-refractivity contribution in [2.75, 3.05) is 0 Å². The molecule has 0 nitrogen and oxygen atoms in total. The van der Waals surface area contributed by atoms with E-state index < -0.39 is 0 Å². The molecular formula is C12H22. The summed E-state index contributed by atoms with van der Waals surface area (Å²) in [5.41, 5.74) is 1.29. The van der Waals surface area contributed by atoms with E-state index >= 15 is 0 Å². The van der Waals surface area contributed by atoms with Gasteiger partial charge >= 0.3 is 0 Å². The average Bonchev–Trinajstić information content (AvgIpc) is 2.03. The van der Waals surface area contributed by atoms with Crippen LogP contribution in [-0.2, 0) is 0 Å². The minimum atomic E-state index is 0.642. The summed E-state index contributed by atoms with van der Waals surface area (Å²) >= 11 is 0. The van der Waals surface area contributed by atoms with Gasteiger partial charge < -0.3 is 0 Å². The molecule has 1 unspecified atom stereocenters. The van der Waals surface area contributed by atoms with Gasteiger partial charge in [-0.25, -0.2) is 0 Å². The van der Waals surface area contributed by atoms with Gasteiger partial charge in [0.1, 0.15) is 0 Å². The molecule has 1 atom stereocenters. The van der Waals surface area contributed by atoms with Crippen LogP contribution in [0.25, 0.3) is 0 Å². The van der Waals surface area contributed by atoms with E-state index in [0.717, 1.165) is 6.42 Å². The highest BCUT2D eigenvalue weighted by Crippen LogP contribution is 2.12. The van der Waals surface area contributed by atoms with Crippen LogP contribution in [0, 0.1) is 5.92 Å². The molecule has 0 amide bonds. The highest BCUT2D eigenvalue weighted by molar-refractivity contribution is 4.97. The monoisotopic (exact) mass is 166 g/mol. The molecule has 0 N–H and O–H groups in total. The Bertz CT molecular complexity index is 142. The molecule has 0 saturated carbocycles. The van der Waals surface area contributed by atoms with Crippen LogP contribution in [-0.4, -0.2) is 0 Å². The topological polar surface area (TPSA) is 0 Å². The van der Waals surface area contributed by atoms with Gasteiger partial charge in [-0.15, -0.1) is 0 Å². The van der Waals surface area contributed by atoms with Crippen LogP contribution in [0.1, 0.15) is 46.5 Å². The standard InChI is InChI=1S/C12H22/c1-5-6-7-8-9-10-12(4)11(2)3/h8-9,12H,2,5-7,10H2,1,3-4H3. The molecule has 12 heavy (non-hydrogen) atoms. The normalized spacial score (nSPS) is 13.6. The predicted molar refractivity (Wildman–Crippen MR) is 57.3 cm³/mol. The van der Waals surface area contributed by atoms with Crippen LogP contribution in [0.5, 0.6) is 0 Å². The highest BCUT2D eigenvalue weighted by atomic mass is 14.0. The molecule has 0 aliphatic heterocycles.